The van der Waals surface area contributed by atoms with Crippen LogP contribution in [-0.2, 0) is 19.3 Å². The zero-order valence-corrected chi connectivity index (χ0v) is 28.8. The van der Waals surface area contributed by atoms with Gasteiger partial charge >= 0.3 is 0 Å². The Labute approximate surface area is 283 Å². The second-order valence-corrected chi connectivity index (χ2v) is 12.6. The van der Waals surface area contributed by atoms with Crippen LogP contribution in [0, 0.1) is 0 Å². The Morgan fingerprint density at radius 3 is 1.81 bits per heavy atom. The van der Waals surface area contributed by atoms with Crippen molar-refractivity contribution in [1.82, 2.24) is 0 Å². The molecule has 2 heteroatoms. The summed E-state index contributed by atoms with van der Waals surface area (Å²) in [5.74, 6) is 0. The van der Waals surface area contributed by atoms with Crippen molar-refractivity contribution in [3.63, 3.8) is 0 Å². The molecule has 0 heterocycles. The van der Waals surface area contributed by atoms with Crippen LogP contribution in [0.4, 0.5) is 5.69 Å². The Morgan fingerprint density at radius 1 is 0.574 bits per heavy atom. The van der Waals surface area contributed by atoms with Gasteiger partial charge in [-0.3, -0.25) is 0 Å². The summed E-state index contributed by atoms with van der Waals surface area (Å²) in [6, 6.07) is 41.6. The summed E-state index contributed by atoms with van der Waals surface area (Å²) < 4.78 is 0. The van der Waals surface area contributed by atoms with Crippen LogP contribution in [0.25, 0.3) is 39.5 Å². The summed E-state index contributed by atoms with van der Waals surface area (Å²) >= 11 is 0. The first-order valence-corrected chi connectivity index (χ1v) is 17.7. The number of hydrogen-bond acceptors (Lipinski definition) is 2. The number of allylic oxidation sites excluding steroid dienone is 1. The maximum absolute atomic E-state index is 4.82. The summed E-state index contributed by atoms with van der Waals surface area (Å²) in [7, 11) is 0. The minimum absolute atomic E-state index is 0.890. The normalized spacial score (nSPS) is 11.8. The molecule has 0 radical (unpaired) electrons. The molecule has 0 bridgehead atoms. The largest absolute Gasteiger partial charge is 0.155 e. The SMILES string of the molecule is CCCCCCc1c(CC)cc(N=NC(C)=Cc2cc(CCCC)c(-c3ccccc3)c(-c3ccccc3)c2)cc1-c1ccccc1. The van der Waals surface area contributed by atoms with Crippen molar-refractivity contribution in [3.8, 4) is 33.4 Å². The Balaban J connectivity index is 1.53. The summed E-state index contributed by atoms with van der Waals surface area (Å²) in [4.78, 5) is 0. The van der Waals surface area contributed by atoms with Gasteiger partial charge in [-0.05, 0) is 119 Å². The van der Waals surface area contributed by atoms with Crippen molar-refractivity contribution in [2.45, 2.75) is 85.5 Å². The number of aryl methyl sites for hydroxylation is 2. The first-order valence-electron chi connectivity index (χ1n) is 17.7. The molecule has 5 rings (SSSR count). The molecule has 2 nitrogen and oxygen atoms in total. The fourth-order valence-electron chi connectivity index (χ4n) is 6.56. The first kappa shape index (κ1) is 33.8. The van der Waals surface area contributed by atoms with E-state index in [1.54, 1.807) is 0 Å². The van der Waals surface area contributed by atoms with Crippen LogP contribution in [0.3, 0.4) is 0 Å². The third-order valence-corrected chi connectivity index (χ3v) is 8.96. The molecule has 0 aliphatic heterocycles. The molecule has 0 aliphatic rings. The lowest BCUT2D eigenvalue weighted by Crippen LogP contribution is -1.98. The van der Waals surface area contributed by atoms with Gasteiger partial charge in [0.1, 0.15) is 0 Å². The van der Waals surface area contributed by atoms with Gasteiger partial charge in [0.2, 0.25) is 0 Å². The average molecular weight is 619 g/mol. The highest BCUT2D eigenvalue weighted by atomic mass is 15.1. The van der Waals surface area contributed by atoms with Crippen molar-refractivity contribution >= 4 is 11.8 Å². The summed E-state index contributed by atoms with van der Waals surface area (Å²) in [6.07, 6.45) is 12.7. The zero-order chi connectivity index (χ0) is 32.8. The van der Waals surface area contributed by atoms with Crippen LogP contribution < -0.4 is 0 Å². The van der Waals surface area contributed by atoms with Crippen molar-refractivity contribution in [2.75, 3.05) is 0 Å². The van der Waals surface area contributed by atoms with Crippen LogP contribution >= 0.6 is 0 Å². The Kier molecular flexibility index (Phi) is 12.5. The third kappa shape index (κ3) is 9.04. The van der Waals surface area contributed by atoms with Crippen LogP contribution in [-0.4, -0.2) is 0 Å². The number of rotatable bonds is 15. The molecule has 0 atom stereocenters. The lowest BCUT2D eigenvalue weighted by atomic mass is 9.86. The molecule has 0 saturated heterocycles. The number of azo groups is 1. The van der Waals surface area contributed by atoms with Crippen molar-refractivity contribution < 1.29 is 0 Å². The van der Waals surface area contributed by atoms with E-state index in [9.17, 15) is 0 Å². The summed E-state index contributed by atoms with van der Waals surface area (Å²) in [6.45, 7) is 8.85. The Bertz CT molecular complexity index is 1770. The van der Waals surface area contributed by atoms with Gasteiger partial charge in [0.15, 0.2) is 0 Å². The van der Waals surface area contributed by atoms with E-state index in [-0.39, 0.29) is 0 Å². The second-order valence-electron chi connectivity index (χ2n) is 12.6. The Hall–Kier alpha value is -4.56. The smallest absolute Gasteiger partial charge is 0.0866 e. The fraction of sp³-hybridized carbons (Fsp3) is 0.289. The number of hydrogen-bond donors (Lipinski definition) is 0. The molecule has 5 aromatic carbocycles. The molecule has 0 N–H and O–H groups in total. The van der Waals surface area contributed by atoms with E-state index in [1.165, 1.54) is 75.8 Å². The lowest BCUT2D eigenvalue weighted by molar-refractivity contribution is 0.665. The highest BCUT2D eigenvalue weighted by molar-refractivity contribution is 5.87. The maximum Gasteiger partial charge on any atom is 0.0866 e. The van der Waals surface area contributed by atoms with E-state index in [1.807, 2.05) is 0 Å². The number of benzene rings is 5. The Morgan fingerprint density at radius 2 is 1.19 bits per heavy atom. The van der Waals surface area contributed by atoms with Gasteiger partial charge in [-0.1, -0.05) is 144 Å². The van der Waals surface area contributed by atoms with Crippen LogP contribution in [0.2, 0.25) is 0 Å². The molecule has 0 saturated carbocycles. The second kappa shape index (κ2) is 17.4. The van der Waals surface area contributed by atoms with E-state index in [0.29, 0.717) is 0 Å². The van der Waals surface area contributed by atoms with Gasteiger partial charge in [-0.2, -0.15) is 10.2 Å². The summed E-state index contributed by atoms with van der Waals surface area (Å²) in [5, 5.41) is 9.60. The topological polar surface area (TPSA) is 24.7 Å². The average Bonchev–Trinajstić information content (AvgIpc) is 3.12. The molecule has 0 spiro atoms. The number of nitrogens with zero attached hydrogens (tertiary/aromatic N) is 2. The van der Waals surface area contributed by atoms with Crippen LogP contribution in [0.15, 0.2) is 131 Å². The molecule has 0 fully saturated rings. The highest BCUT2D eigenvalue weighted by Crippen LogP contribution is 2.38. The fourth-order valence-corrected chi connectivity index (χ4v) is 6.56. The molecular weight excluding hydrogens is 569 g/mol. The van der Waals surface area contributed by atoms with Gasteiger partial charge in [-0.15, -0.1) is 0 Å². The number of unbranched alkanes of at least 4 members (excludes halogenated alkanes) is 4. The minimum atomic E-state index is 0.890. The zero-order valence-electron chi connectivity index (χ0n) is 28.8. The van der Waals surface area contributed by atoms with E-state index < -0.39 is 0 Å². The predicted octanol–water partition coefficient (Wildman–Crippen LogP) is 13.9. The minimum Gasteiger partial charge on any atom is -0.155 e. The van der Waals surface area contributed by atoms with E-state index in [2.05, 4.69) is 149 Å². The van der Waals surface area contributed by atoms with Gasteiger partial charge in [0.25, 0.3) is 0 Å². The van der Waals surface area contributed by atoms with Crippen LogP contribution in [0.5, 0.6) is 0 Å². The van der Waals surface area contributed by atoms with Gasteiger partial charge in [0, 0.05) is 0 Å². The molecule has 0 aliphatic carbocycles. The lowest BCUT2D eigenvalue weighted by Gasteiger charge is -2.18. The van der Waals surface area contributed by atoms with Gasteiger partial charge in [0.05, 0.1) is 11.4 Å². The molecule has 0 aromatic heterocycles. The van der Waals surface area contributed by atoms with E-state index in [0.717, 1.165) is 49.1 Å². The highest BCUT2D eigenvalue weighted by Gasteiger charge is 2.15. The van der Waals surface area contributed by atoms with Crippen molar-refractivity contribution in [3.05, 3.63) is 143 Å². The monoisotopic (exact) mass is 618 g/mol. The molecular formula is C45H50N2. The first-order chi connectivity index (χ1) is 23.1. The van der Waals surface area contributed by atoms with E-state index in [4.69, 9.17) is 10.2 Å². The third-order valence-electron chi connectivity index (χ3n) is 8.96. The molecule has 0 amide bonds. The quantitative estimate of drug-likeness (QED) is 0.0824. The van der Waals surface area contributed by atoms with Gasteiger partial charge < -0.3 is 0 Å². The van der Waals surface area contributed by atoms with E-state index >= 15 is 0 Å². The van der Waals surface area contributed by atoms with Gasteiger partial charge in [-0.25, -0.2) is 0 Å². The molecule has 5 aromatic rings. The standard InChI is InChI=1S/C45H50N2/c1-5-8-10-20-28-42-36(7-3)32-41(33-43(42)37-22-14-11-15-23-37)47-46-34(4)29-35-30-40(21-9-6-2)45(39-26-18-13-19-27-39)44(31-35)38-24-16-12-17-25-38/h11-19,22-27,29-33H,5-10,20-21,28H2,1-4H3. The predicted molar refractivity (Wildman–Crippen MR) is 203 cm³/mol. The summed E-state index contributed by atoms with van der Waals surface area (Å²) in [5.41, 5.74) is 14.8. The maximum atomic E-state index is 4.82. The van der Waals surface area contributed by atoms with Crippen molar-refractivity contribution in [2.24, 2.45) is 10.2 Å². The molecule has 0 unspecified atom stereocenters. The van der Waals surface area contributed by atoms with Crippen LogP contribution in [0.1, 0.15) is 88.5 Å². The van der Waals surface area contributed by atoms with Crippen molar-refractivity contribution in [1.29, 1.82) is 0 Å². The molecule has 240 valence electrons. The molecule has 47 heavy (non-hydrogen) atoms.